The molecular weight excluding hydrogens is 204 g/mol. The molecule has 2 rings (SSSR count). The fourth-order valence-electron chi connectivity index (χ4n) is 1.71. The van der Waals surface area contributed by atoms with Crippen molar-refractivity contribution >= 4 is 17.3 Å². The third-order valence-corrected chi connectivity index (χ3v) is 2.44. The van der Waals surface area contributed by atoms with Crippen LogP contribution < -0.4 is 15.0 Å². The van der Waals surface area contributed by atoms with Gasteiger partial charge in [-0.3, -0.25) is 4.79 Å². The molecular formula is C12H12N2O2. The summed E-state index contributed by atoms with van der Waals surface area (Å²) in [6.07, 6.45) is 5.28. The number of methoxy groups -OCH3 is 1. The zero-order valence-corrected chi connectivity index (χ0v) is 8.99. The number of fused-ring (bicyclic) bond motifs is 1. The summed E-state index contributed by atoms with van der Waals surface area (Å²) < 4.78 is 5.14. The van der Waals surface area contributed by atoms with Gasteiger partial charge in [-0.25, -0.2) is 0 Å². The van der Waals surface area contributed by atoms with Crippen LogP contribution in [0.2, 0.25) is 0 Å². The minimum atomic E-state index is -0.0482. The quantitative estimate of drug-likeness (QED) is 0.752. The fourth-order valence-corrected chi connectivity index (χ4v) is 1.71. The van der Waals surface area contributed by atoms with Gasteiger partial charge in [-0.05, 0) is 12.1 Å². The van der Waals surface area contributed by atoms with Crippen molar-refractivity contribution in [2.75, 3.05) is 30.4 Å². The maximum absolute atomic E-state index is 11.4. The van der Waals surface area contributed by atoms with Gasteiger partial charge < -0.3 is 15.0 Å². The SMILES string of the molecule is C#CCN1CC(=O)Nc2ccc(OC)cc21. The second kappa shape index (κ2) is 4.15. The van der Waals surface area contributed by atoms with E-state index in [2.05, 4.69) is 11.2 Å². The maximum Gasteiger partial charge on any atom is 0.243 e. The number of nitrogens with zero attached hydrogens (tertiary/aromatic N) is 1. The van der Waals surface area contributed by atoms with E-state index in [1.807, 2.05) is 17.0 Å². The maximum atomic E-state index is 11.4. The molecule has 4 nitrogen and oxygen atoms in total. The van der Waals surface area contributed by atoms with Crippen molar-refractivity contribution in [3.8, 4) is 18.1 Å². The van der Waals surface area contributed by atoms with Crippen LogP contribution in [-0.2, 0) is 4.79 Å². The van der Waals surface area contributed by atoms with Gasteiger partial charge in [0.1, 0.15) is 5.75 Å². The Kier molecular flexibility index (Phi) is 2.69. The van der Waals surface area contributed by atoms with Gasteiger partial charge in [0.25, 0.3) is 0 Å². The molecule has 82 valence electrons. The van der Waals surface area contributed by atoms with Crippen LogP contribution in [0.4, 0.5) is 11.4 Å². The first-order chi connectivity index (χ1) is 7.74. The van der Waals surface area contributed by atoms with Gasteiger partial charge in [-0.1, -0.05) is 5.92 Å². The molecule has 0 aromatic heterocycles. The third kappa shape index (κ3) is 1.80. The van der Waals surface area contributed by atoms with Crippen LogP contribution in [-0.4, -0.2) is 26.1 Å². The van der Waals surface area contributed by atoms with Crippen LogP contribution in [0.3, 0.4) is 0 Å². The number of carbonyl (C=O) groups excluding carboxylic acids is 1. The molecule has 0 aliphatic carbocycles. The Labute approximate surface area is 94.2 Å². The first-order valence-electron chi connectivity index (χ1n) is 4.91. The highest BCUT2D eigenvalue weighted by atomic mass is 16.5. The summed E-state index contributed by atoms with van der Waals surface area (Å²) in [5, 5.41) is 2.79. The van der Waals surface area contributed by atoms with E-state index < -0.39 is 0 Å². The summed E-state index contributed by atoms with van der Waals surface area (Å²) in [5.41, 5.74) is 1.67. The van der Waals surface area contributed by atoms with Gasteiger partial charge in [0, 0.05) is 6.07 Å². The van der Waals surface area contributed by atoms with Crippen molar-refractivity contribution in [2.45, 2.75) is 0 Å². The van der Waals surface area contributed by atoms with Crippen LogP contribution in [0, 0.1) is 12.3 Å². The van der Waals surface area contributed by atoms with E-state index >= 15 is 0 Å². The second-order valence-electron chi connectivity index (χ2n) is 3.49. The van der Waals surface area contributed by atoms with Gasteiger partial charge in [0.15, 0.2) is 0 Å². The Morgan fingerprint density at radius 1 is 1.62 bits per heavy atom. The van der Waals surface area contributed by atoms with Crippen molar-refractivity contribution in [3.05, 3.63) is 18.2 Å². The number of nitrogens with one attached hydrogen (secondary N) is 1. The van der Waals surface area contributed by atoms with Crippen molar-refractivity contribution in [1.29, 1.82) is 0 Å². The molecule has 1 aromatic rings. The lowest BCUT2D eigenvalue weighted by Gasteiger charge is -2.29. The Hall–Kier alpha value is -2.15. The average molecular weight is 216 g/mol. The van der Waals surface area contributed by atoms with Crippen LogP contribution >= 0.6 is 0 Å². The molecule has 1 aliphatic rings. The highest BCUT2D eigenvalue weighted by Gasteiger charge is 2.21. The van der Waals surface area contributed by atoms with Gasteiger partial charge in [0.05, 0.1) is 31.6 Å². The molecule has 0 unspecified atom stereocenters. The Morgan fingerprint density at radius 2 is 2.44 bits per heavy atom. The molecule has 1 amide bonds. The van der Waals surface area contributed by atoms with Gasteiger partial charge in [0.2, 0.25) is 5.91 Å². The lowest BCUT2D eigenvalue weighted by molar-refractivity contribution is -0.115. The summed E-state index contributed by atoms with van der Waals surface area (Å²) in [6.45, 7) is 0.692. The number of amides is 1. The zero-order chi connectivity index (χ0) is 11.5. The van der Waals surface area contributed by atoms with Gasteiger partial charge in [-0.2, -0.15) is 0 Å². The zero-order valence-electron chi connectivity index (χ0n) is 8.99. The Balaban J connectivity index is 2.41. The van der Waals surface area contributed by atoms with E-state index in [9.17, 15) is 4.79 Å². The van der Waals surface area contributed by atoms with Crippen molar-refractivity contribution < 1.29 is 9.53 Å². The van der Waals surface area contributed by atoms with Gasteiger partial charge >= 0.3 is 0 Å². The molecule has 1 aromatic carbocycles. The molecule has 1 aliphatic heterocycles. The van der Waals surface area contributed by atoms with E-state index in [-0.39, 0.29) is 12.5 Å². The fraction of sp³-hybridized carbons (Fsp3) is 0.250. The van der Waals surface area contributed by atoms with Crippen molar-refractivity contribution in [3.63, 3.8) is 0 Å². The number of hydrogen-bond acceptors (Lipinski definition) is 3. The van der Waals surface area contributed by atoms with E-state index in [0.29, 0.717) is 6.54 Å². The summed E-state index contributed by atoms with van der Waals surface area (Å²) in [6, 6.07) is 5.49. The van der Waals surface area contributed by atoms with Gasteiger partial charge in [-0.15, -0.1) is 6.42 Å². The largest absolute Gasteiger partial charge is 0.497 e. The Morgan fingerprint density at radius 3 is 3.12 bits per heavy atom. The predicted octanol–water partition coefficient (Wildman–Crippen LogP) is 1.09. The van der Waals surface area contributed by atoms with E-state index in [0.717, 1.165) is 17.1 Å². The summed E-state index contributed by atoms with van der Waals surface area (Å²) in [7, 11) is 1.61. The molecule has 0 radical (unpaired) electrons. The molecule has 1 heterocycles. The number of carbonyl (C=O) groups is 1. The number of anilines is 2. The van der Waals surface area contributed by atoms with E-state index in [4.69, 9.17) is 11.2 Å². The second-order valence-corrected chi connectivity index (χ2v) is 3.49. The number of hydrogen-bond donors (Lipinski definition) is 1. The smallest absolute Gasteiger partial charge is 0.243 e. The standard InChI is InChI=1S/C12H12N2O2/c1-3-6-14-8-12(15)13-10-5-4-9(16-2)7-11(10)14/h1,4-5,7H,6,8H2,2H3,(H,13,15). The first-order valence-corrected chi connectivity index (χ1v) is 4.91. The highest BCUT2D eigenvalue weighted by molar-refractivity contribution is 6.01. The molecule has 0 bridgehead atoms. The molecule has 0 atom stereocenters. The molecule has 16 heavy (non-hydrogen) atoms. The molecule has 0 spiro atoms. The van der Waals surface area contributed by atoms with Crippen LogP contribution in [0.5, 0.6) is 5.75 Å². The number of terminal acetylenes is 1. The Bertz CT molecular complexity index is 463. The predicted molar refractivity (Wildman–Crippen MR) is 62.7 cm³/mol. The normalized spacial score (nSPS) is 13.8. The van der Waals surface area contributed by atoms with Crippen LogP contribution in [0.1, 0.15) is 0 Å². The first kappa shape index (κ1) is 10.4. The highest BCUT2D eigenvalue weighted by Crippen LogP contribution is 2.32. The summed E-state index contributed by atoms with van der Waals surface area (Å²) in [5.74, 6) is 3.24. The van der Waals surface area contributed by atoms with Crippen LogP contribution in [0.15, 0.2) is 18.2 Å². The average Bonchev–Trinajstić information content (AvgIpc) is 2.29. The molecule has 4 heteroatoms. The molecule has 0 saturated carbocycles. The number of rotatable bonds is 2. The lowest BCUT2D eigenvalue weighted by atomic mass is 10.2. The summed E-state index contributed by atoms with van der Waals surface area (Å²) >= 11 is 0. The lowest BCUT2D eigenvalue weighted by Crippen LogP contribution is -2.38. The molecule has 0 saturated heterocycles. The van der Waals surface area contributed by atoms with E-state index in [1.54, 1.807) is 13.2 Å². The molecule has 1 N–H and O–H groups in total. The number of benzene rings is 1. The number of ether oxygens (including phenoxy) is 1. The van der Waals surface area contributed by atoms with E-state index in [1.165, 1.54) is 0 Å². The topological polar surface area (TPSA) is 41.6 Å². The molecule has 0 fully saturated rings. The minimum absolute atomic E-state index is 0.0482. The summed E-state index contributed by atoms with van der Waals surface area (Å²) in [4.78, 5) is 13.3. The monoisotopic (exact) mass is 216 g/mol. The minimum Gasteiger partial charge on any atom is -0.497 e. The van der Waals surface area contributed by atoms with Crippen molar-refractivity contribution in [2.24, 2.45) is 0 Å². The van der Waals surface area contributed by atoms with Crippen LogP contribution in [0.25, 0.3) is 0 Å². The van der Waals surface area contributed by atoms with Crippen molar-refractivity contribution in [1.82, 2.24) is 0 Å². The third-order valence-electron chi connectivity index (χ3n) is 2.44.